The maximum absolute atomic E-state index is 12.4. The van der Waals surface area contributed by atoms with Crippen molar-refractivity contribution >= 4 is 29.7 Å². The zero-order valence-corrected chi connectivity index (χ0v) is 13.7. The van der Waals surface area contributed by atoms with Crippen molar-refractivity contribution in [1.29, 1.82) is 0 Å². The van der Waals surface area contributed by atoms with E-state index in [4.69, 9.17) is 4.74 Å². The standard InChI is InChI=1S/C15H21N3O6/c1-8(14(22)24-7-11(19)17-15(23)16-2)18-12(20)9-5-3-4-6-10(9)13(18)21/h8-10H,3-7H2,1-2H3,(H2,16,17,19,23)/t8-,9-,10-/m0/s1. The number of urea groups is 1. The van der Waals surface area contributed by atoms with Gasteiger partial charge < -0.3 is 10.1 Å². The number of fused-ring (bicyclic) bond motifs is 1. The van der Waals surface area contributed by atoms with Crippen molar-refractivity contribution in [2.45, 2.75) is 38.6 Å². The smallest absolute Gasteiger partial charge is 0.329 e. The van der Waals surface area contributed by atoms with E-state index in [2.05, 4.69) is 5.32 Å². The predicted octanol–water partition coefficient (Wildman–Crippen LogP) is -0.451. The second-order valence-corrected chi connectivity index (χ2v) is 5.95. The molecule has 2 aliphatic rings. The molecule has 1 aliphatic carbocycles. The molecule has 0 aromatic carbocycles. The molecule has 2 N–H and O–H groups in total. The largest absolute Gasteiger partial charge is 0.454 e. The lowest BCUT2D eigenvalue weighted by molar-refractivity contribution is -0.159. The van der Waals surface area contributed by atoms with E-state index in [1.165, 1.54) is 14.0 Å². The summed E-state index contributed by atoms with van der Waals surface area (Å²) in [6.07, 6.45) is 3.10. The van der Waals surface area contributed by atoms with Crippen LogP contribution in [-0.2, 0) is 23.9 Å². The Labute approximate surface area is 139 Å². The first-order valence-corrected chi connectivity index (χ1v) is 7.92. The number of carbonyl (C=O) groups is 5. The summed E-state index contributed by atoms with van der Waals surface area (Å²) in [5.74, 6) is -3.05. The molecule has 0 unspecified atom stereocenters. The Morgan fingerprint density at radius 3 is 2.21 bits per heavy atom. The van der Waals surface area contributed by atoms with Gasteiger partial charge in [0, 0.05) is 7.05 Å². The number of nitrogens with zero attached hydrogens (tertiary/aromatic N) is 1. The van der Waals surface area contributed by atoms with E-state index in [1.54, 1.807) is 0 Å². The molecule has 0 bridgehead atoms. The predicted molar refractivity (Wildman–Crippen MR) is 80.3 cm³/mol. The third kappa shape index (κ3) is 3.55. The van der Waals surface area contributed by atoms with Crippen LogP contribution in [0.5, 0.6) is 0 Å². The van der Waals surface area contributed by atoms with Crippen LogP contribution in [0.2, 0.25) is 0 Å². The Hall–Kier alpha value is -2.45. The van der Waals surface area contributed by atoms with Gasteiger partial charge in [0.05, 0.1) is 11.8 Å². The first-order valence-electron chi connectivity index (χ1n) is 7.92. The average molecular weight is 339 g/mol. The molecule has 24 heavy (non-hydrogen) atoms. The molecule has 9 heteroatoms. The van der Waals surface area contributed by atoms with Crippen LogP contribution < -0.4 is 10.6 Å². The minimum atomic E-state index is -1.09. The summed E-state index contributed by atoms with van der Waals surface area (Å²) in [4.78, 5) is 60.1. The van der Waals surface area contributed by atoms with Crippen LogP contribution in [0.15, 0.2) is 0 Å². The minimum Gasteiger partial charge on any atom is -0.454 e. The maximum atomic E-state index is 12.4. The molecule has 9 nitrogen and oxygen atoms in total. The Morgan fingerprint density at radius 1 is 1.17 bits per heavy atom. The highest BCUT2D eigenvalue weighted by Crippen LogP contribution is 2.38. The van der Waals surface area contributed by atoms with Gasteiger partial charge in [0.25, 0.3) is 5.91 Å². The van der Waals surface area contributed by atoms with E-state index in [0.29, 0.717) is 12.8 Å². The van der Waals surface area contributed by atoms with Gasteiger partial charge in [0.2, 0.25) is 11.8 Å². The Morgan fingerprint density at radius 2 is 1.71 bits per heavy atom. The van der Waals surface area contributed by atoms with Gasteiger partial charge in [0.1, 0.15) is 6.04 Å². The van der Waals surface area contributed by atoms with Crippen LogP contribution in [0.1, 0.15) is 32.6 Å². The molecular formula is C15H21N3O6. The molecule has 0 radical (unpaired) electrons. The second-order valence-electron chi connectivity index (χ2n) is 5.95. The van der Waals surface area contributed by atoms with Crippen LogP contribution in [0.25, 0.3) is 0 Å². The fraction of sp³-hybridized carbons (Fsp3) is 0.667. The summed E-state index contributed by atoms with van der Waals surface area (Å²) in [7, 11) is 1.33. The van der Waals surface area contributed by atoms with E-state index in [1.807, 2.05) is 5.32 Å². The number of ether oxygens (including phenoxy) is 1. The van der Waals surface area contributed by atoms with Gasteiger partial charge in [-0.25, -0.2) is 9.59 Å². The van der Waals surface area contributed by atoms with Gasteiger partial charge in [-0.1, -0.05) is 12.8 Å². The van der Waals surface area contributed by atoms with Crippen LogP contribution >= 0.6 is 0 Å². The van der Waals surface area contributed by atoms with Gasteiger partial charge in [-0.05, 0) is 19.8 Å². The molecular weight excluding hydrogens is 318 g/mol. The third-order valence-corrected chi connectivity index (χ3v) is 4.43. The number of likely N-dealkylation sites (tertiary alicyclic amines) is 1. The van der Waals surface area contributed by atoms with Crippen LogP contribution in [0.3, 0.4) is 0 Å². The van der Waals surface area contributed by atoms with Crippen molar-refractivity contribution in [3.63, 3.8) is 0 Å². The first kappa shape index (κ1) is 17.9. The van der Waals surface area contributed by atoms with Gasteiger partial charge in [0.15, 0.2) is 6.61 Å². The topological polar surface area (TPSA) is 122 Å². The zero-order valence-electron chi connectivity index (χ0n) is 13.7. The lowest BCUT2D eigenvalue weighted by atomic mass is 9.81. The molecule has 0 aromatic rings. The molecule has 1 heterocycles. The fourth-order valence-electron chi connectivity index (χ4n) is 3.16. The lowest BCUT2D eigenvalue weighted by Crippen LogP contribution is -2.46. The number of hydrogen-bond acceptors (Lipinski definition) is 6. The van der Waals surface area contributed by atoms with E-state index >= 15 is 0 Å². The molecule has 1 saturated carbocycles. The van der Waals surface area contributed by atoms with Crippen molar-refractivity contribution in [3.8, 4) is 0 Å². The summed E-state index contributed by atoms with van der Waals surface area (Å²) in [5, 5.41) is 4.12. The summed E-state index contributed by atoms with van der Waals surface area (Å²) in [6.45, 7) is 0.728. The van der Waals surface area contributed by atoms with E-state index in [0.717, 1.165) is 17.7 Å². The number of hydrogen-bond donors (Lipinski definition) is 2. The molecule has 2 rings (SSSR count). The maximum Gasteiger partial charge on any atom is 0.329 e. The number of imide groups is 2. The van der Waals surface area contributed by atoms with Crippen molar-refractivity contribution in [1.82, 2.24) is 15.5 Å². The van der Waals surface area contributed by atoms with Crippen LogP contribution in [0, 0.1) is 11.8 Å². The van der Waals surface area contributed by atoms with E-state index in [-0.39, 0.29) is 23.7 Å². The van der Waals surface area contributed by atoms with Crippen molar-refractivity contribution < 1.29 is 28.7 Å². The van der Waals surface area contributed by atoms with E-state index in [9.17, 15) is 24.0 Å². The zero-order chi connectivity index (χ0) is 17.9. The van der Waals surface area contributed by atoms with Crippen LogP contribution in [-0.4, -0.2) is 54.3 Å². The molecule has 1 aliphatic heterocycles. The number of rotatable bonds is 4. The molecule has 2 fully saturated rings. The average Bonchev–Trinajstić information content (AvgIpc) is 2.83. The molecule has 0 aromatic heterocycles. The van der Waals surface area contributed by atoms with Gasteiger partial charge in [-0.2, -0.15) is 0 Å². The first-order chi connectivity index (χ1) is 11.4. The number of nitrogens with one attached hydrogen (secondary N) is 2. The third-order valence-electron chi connectivity index (χ3n) is 4.43. The fourth-order valence-corrected chi connectivity index (χ4v) is 3.16. The highest BCUT2D eigenvalue weighted by Gasteiger charge is 2.51. The SMILES string of the molecule is CNC(=O)NC(=O)COC(=O)[C@H](C)N1C(=O)[C@H]2CCCC[C@@H]2C1=O. The summed E-state index contributed by atoms with van der Waals surface area (Å²) < 4.78 is 4.80. The quantitative estimate of drug-likeness (QED) is 0.528. The molecule has 0 spiro atoms. The van der Waals surface area contributed by atoms with Gasteiger partial charge >= 0.3 is 12.0 Å². The van der Waals surface area contributed by atoms with Crippen molar-refractivity contribution in [2.75, 3.05) is 13.7 Å². The molecule has 5 amide bonds. The molecule has 132 valence electrons. The highest BCUT2D eigenvalue weighted by molar-refractivity contribution is 6.08. The summed E-state index contributed by atoms with van der Waals surface area (Å²) in [6, 6.07) is -1.82. The number of carbonyl (C=O) groups excluding carboxylic acids is 5. The highest BCUT2D eigenvalue weighted by atomic mass is 16.5. The summed E-state index contributed by atoms with van der Waals surface area (Å²) >= 11 is 0. The second kappa shape index (κ2) is 7.41. The number of esters is 1. The normalized spacial score (nSPS) is 24.2. The lowest BCUT2D eigenvalue weighted by Gasteiger charge is -2.21. The van der Waals surface area contributed by atoms with E-state index < -0.39 is 30.6 Å². The van der Waals surface area contributed by atoms with Crippen LogP contribution in [0.4, 0.5) is 4.79 Å². The van der Waals surface area contributed by atoms with Crippen molar-refractivity contribution in [2.24, 2.45) is 11.8 Å². The Balaban J connectivity index is 1.93. The molecule has 3 atom stereocenters. The monoisotopic (exact) mass is 339 g/mol. The molecule has 1 saturated heterocycles. The summed E-state index contributed by atoms with van der Waals surface area (Å²) in [5.41, 5.74) is 0. The Kier molecular flexibility index (Phi) is 5.53. The Bertz CT molecular complexity index is 552. The van der Waals surface area contributed by atoms with Gasteiger partial charge in [-0.15, -0.1) is 0 Å². The van der Waals surface area contributed by atoms with Gasteiger partial charge in [-0.3, -0.25) is 24.6 Å². The van der Waals surface area contributed by atoms with Crippen molar-refractivity contribution in [3.05, 3.63) is 0 Å². The number of amides is 5. The minimum absolute atomic E-state index is 0.344.